The number of unbranched alkanes of at least 4 members (excludes halogenated alkanes) is 2. The highest BCUT2D eigenvalue weighted by atomic mass is 16.5. The van der Waals surface area contributed by atoms with E-state index in [0.29, 0.717) is 6.10 Å². The molecule has 0 aromatic heterocycles. The Morgan fingerprint density at radius 2 is 2.00 bits per heavy atom. The van der Waals surface area contributed by atoms with Gasteiger partial charge < -0.3 is 4.74 Å². The van der Waals surface area contributed by atoms with Gasteiger partial charge in [0.15, 0.2) is 0 Å². The van der Waals surface area contributed by atoms with Gasteiger partial charge in [0.25, 0.3) is 0 Å². The van der Waals surface area contributed by atoms with Crippen molar-refractivity contribution in [1.29, 1.82) is 0 Å². The van der Waals surface area contributed by atoms with Crippen LogP contribution in [0.5, 0.6) is 0 Å². The van der Waals surface area contributed by atoms with Crippen LogP contribution < -0.4 is 0 Å². The molecular formula is C11H23O. The monoisotopic (exact) mass is 171 g/mol. The molecule has 1 heteroatoms. The summed E-state index contributed by atoms with van der Waals surface area (Å²) < 4.78 is 5.70. The minimum Gasteiger partial charge on any atom is -0.378 e. The van der Waals surface area contributed by atoms with Crippen molar-refractivity contribution in [2.24, 2.45) is 0 Å². The molecule has 0 aliphatic rings. The highest BCUT2D eigenvalue weighted by Crippen LogP contribution is 2.06. The summed E-state index contributed by atoms with van der Waals surface area (Å²) in [6.45, 7) is 7.45. The zero-order valence-electron chi connectivity index (χ0n) is 8.81. The first-order chi connectivity index (χ1) is 5.85. The fourth-order valence-corrected chi connectivity index (χ4v) is 1.22. The van der Waals surface area contributed by atoms with Gasteiger partial charge in [-0.1, -0.05) is 33.6 Å². The second kappa shape index (κ2) is 9.05. The van der Waals surface area contributed by atoms with Crippen LogP contribution in [0.4, 0.5) is 0 Å². The number of hydrogen-bond donors (Lipinski definition) is 0. The summed E-state index contributed by atoms with van der Waals surface area (Å²) in [4.78, 5) is 0. The Kier molecular flexibility index (Phi) is 9.02. The Morgan fingerprint density at radius 1 is 1.25 bits per heavy atom. The van der Waals surface area contributed by atoms with E-state index in [-0.39, 0.29) is 0 Å². The van der Waals surface area contributed by atoms with Crippen molar-refractivity contribution in [2.75, 3.05) is 6.61 Å². The Bertz CT molecular complexity index is 81.1. The summed E-state index contributed by atoms with van der Waals surface area (Å²) in [6.07, 6.45) is 8.68. The van der Waals surface area contributed by atoms with Crippen molar-refractivity contribution in [2.45, 2.75) is 59.0 Å². The summed E-state index contributed by atoms with van der Waals surface area (Å²) in [6, 6.07) is 0. The molecule has 12 heavy (non-hydrogen) atoms. The summed E-state index contributed by atoms with van der Waals surface area (Å²) in [5, 5.41) is 0. The molecule has 0 aliphatic heterocycles. The minimum atomic E-state index is 0.465. The molecule has 0 bridgehead atoms. The maximum Gasteiger partial charge on any atom is 0.0575 e. The topological polar surface area (TPSA) is 9.23 Å². The molecule has 0 saturated heterocycles. The van der Waals surface area contributed by atoms with Crippen LogP contribution in [0.25, 0.3) is 0 Å². The number of ether oxygens (including phenoxy) is 1. The van der Waals surface area contributed by atoms with Crippen LogP contribution in [0, 0.1) is 6.42 Å². The van der Waals surface area contributed by atoms with E-state index in [0.717, 1.165) is 19.4 Å². The predicted molar refractivity (Wildman–Crippen MR) is 54.1 cm³/mol. The fraction of sp³-hybridized carbons (Fsp3) is 0.909. The molecule has 1 atom stereocenters. The lowest BCUT2D eigenvalue weighted by atomic mass is 10.1. The molecule has 0 spiro atoms. The number of hydrogen-bond acceptors (Lipinski definition) is 1. The average Bonchev–Trinajstić information content (AvgIpc) is 2.10. The second-order valence-corrected chi connectivity index (χ2v) is 3.25. The van der Waals surface area contributed by atoms with Gasteiger partial charge in [0, 0.05) is 6.61 Å². The third-order valence-corrected chi connectivity index (χ3v) is 2.06. The van der Waals surface area contributed by atoms with Gasteiger partial charge in [0.1, 0.15) is 0 Å². The van der Waals surface area contributed by atoms with E-state index in [2.05, 4.69) is 27.2 Å². The van der Waals surface area contributed by atoms with E-state index in [9.17, 15) is 0 Å². The van der Waals surface area contributed by atoms with Crippen molar-refractivity contribution >= 4 is 0 Å². The molecular weight excluding hydrogens is 148 g/mol. The molecule has 0 fully saturated rings. The van der Waals surface area contributed by atoms with Crippen molar-refractivity contribution < 1.29 is 4.74 Å². The lowest BCUT2D eigenvalue weighted by Crippen LogP contribution is -2.12. The quantitative estimate of drug-likeness (QED) is 0.507. The van der Waals surface area contributed by atoms with Gasteiger partial charge >= 0.3 is 0 Å². The van der Waals surface area contributed by atoms with E-state index in [1.807, 2.05) is 0 Å². The van der Waals surface area contributed by atoms with Crippen molar-refractivity contribution in [3.05, 3.63) is 6.42 Å². The number of rotatable bonds is 8. The molecule has 0 aliphatic carbocycles. The fourth-order valence-electron chi connectivity index (χ4n) is 1.22. The van der Waals surface area contributed by atoms with Crippen LogP contribution in [0.1, 0.15) is 52.9 Å². The maximum absolute atomic E-state index is 5.70. The summed E-state index contributed by atoms with van der Waals surface area (Å²) in [5.41, 5.74) is 0. The first kappa shape index (κ1) is 12.0. The van der Waals surface area contributed by atoms with E-state index in [1.165, 1.54) is 19.3 Å². The highest BCUT2D eigenvalue weighted by Gasteiger charge is 2.03. The third kappa shape index (κ3) is 6.66. The molecule has 0 N–H and O–H groups in total. The molecule has 0 aromatic rings. The van der Waals surface area contributed by atoms with Crippen LogP contribution >= 0.6 is 0 Å². The Hall–Kier alpha value is -0.0400. The minimum absolute atomic E-state index is 0.465. The third-order valence-electron chi connectivity index (χ3n) is 2.06. The zero-order valence-corrected chi connectivity index (χ0v) is 8.81. The lowest BCUT2D eigenvalue weighted by Gasteiger charge is -2.14. The molecule has 0 saturated carbocycles. The van der Waals surface area contributed by atoms with Gasteiger partial charge in [-0.25, -0.2) is 0 Å². The molecule has 73 valence electrons. The van der Waals surface area contributed by atoms with E-state index >= 15 is 0 Å². The molecule has 1 radical (unpaired) electrons. The van der Waals surface area contributed by atoms with Crippen LogP contribution in [0.2, 0.25) is 0 Å². The van der Waals surface area contributed by atoms with Crippen molar-refractivity contribution in [3.63, 3.8) is 0 Å². The van der Waals surface area contributed by atoms with Gasteiger partial charge in [0.05, 0.1) is 6.10 Å². The molecule has 0 heterocycles. The first-order valence-corrected chi connectivity index (χ1v) is 5.24. The Labute approximate surface area is 77.5 Å². The van der Waals surface area contributed by atoms with Crippen molar-refractivity contribution in [1.82, 2.24) is 0 Å². The summed E-state index contributed by atoms with van der Waals surface area (Å²) in [5.74, 6) is 0. The Balaban J connectivity index is 3.19. The highest BCUT2D eigenvalue weighted by molar-refractivity contribution is 4.64. The van der Waals surface area contributed by atoms with Gasteiger partial charge in [-0.15, -0.1) is 0 Å². The molecule has 0 amide bonds. The molecule has 0 rings (SSSR count). The van der Waals surface area contributed by atoms with Crippen LogP contribution in [-0.4, -0.2) is 12.7 Å². The van der Waals surface area contributed by atoms with Gasteiger partial charge in [-0.3, -0.25) is 0 Å². The summed E-state index contributed by atoms with van der Waals surface area (Å²) >= 11 is 0. The van der Waals surface area contributed by atoms with Crippen LogP contribution in [0.15, 0.2) is 0 Å². The van der Waals surface area contributed by atoms with E-state index in [1.54, 1.807) is 0 Å². The standard InChI is InChI=1S/C11H23O/c1-4-7-8-10-12-11(6-3)9-5-2/h5,11H,4,6-10H2,1-3H3. The second-order valence-electron chi connectivity index (χ2n) is 3.25. The molecule has 0 aromatic carbocycles. The first-order valence-electron chi connectivity index (χ1n) is 5.24. The average molecular weight is 171 g/mol. The van der Waals surface area contributed by atoms with Crippen LogP contribution in [0.3, 0.4) is 0 Å². The van der Waals surface area contributed by atoms with Gasteiger partial charge in [-0.05, 0) is 25.7 Å². The van der Waals surface area contributed by atoms with E-state index < -0.39 is 0 Å². The smallest absolute Gasteiger partial charge is 0.0575 e. The van der Waals surface area contributed by atoms with Gasteiger partial charge in [-0.2, -0.15) is 0 Å². The predicted octanol–water partition coefficient (Wildman–Crippen LogP) is 3.59. The largest absolute Gasteiger partial charge is 0.378 e. The molecule has 1 unspecified atom stereocenters. The maximum atomic E-state index is 5.70. The van der Waals surface area contributed by atoms with E-state index in [4.69, 9.17) is 4.74 Å². The summed E-state index contributed by atoms with van der Waals surface area (Å²) in [7, 11) is 0. The lowest BCUT2D eigenvalue weighted by molar-refractivity contribution is 0.0480. The van der Waals surface area contributed by atoms with Crippen LogP contribution in [-0.2, 0) is 4.74 Å². The Morgan fingerprint density at radius 3 is 2.50 bits per heavy atom. The zero-order chi connectivity index (χ0) is 9.23. The van der Waals surface area contributed by atoms with Gasteiger partial charge in [0.2, 0.25) is 0 Å². The normalized spacial score (nSPS) is 13.2. The molecule has 1 nitrogen and oxygen atoms in total. The van der Waals surface area contributed by atoms with Crippen molar-refractivity contribution in [3.8, 4) is 0 Å². The SMILES string of the molecule is C[CH]CC(CC)OCCCCC.